The van der Waals surface area contributed by atoms with Gasteiger partial charge in [-0.3, -0.25) is 0 Å². The van der Waals surface area contributed by atoms with Crippen LogP contribution in [0, 0.1) is 0 Å². The molecule has 0 bridgehead atoms. The number of carbonyl (C=O) groups is 1. The second-order valence-corrected chi connectivity index (χ2v) is 19.9. The normalized spacial score (nSPS) is 11.6. The number of carbonyl (C=O) groups excluding carboxylic acids is 1. The molecular weight excluding hydrogens is 375 g/mol. The third-order valence-corrected chi connectivity index (χ3v) is 20.5. The van der Waals surface area contributed by atoms with Crippen molar-refractivity contribution < 1.29 is 4.79 Å². The van der Waals surface area contributed by atoms with Crippen LogP contribution in [0.1, 0.15) is 64.9 Å². The van der Waals surface area contributed by atoms with Crippen LogP contribution in [0.3, 0.4) is 0 Å². The first kappa shape index (κ1) is 19.7. The molecule has 0 amide bonds. The number of unbranched alkanes of at least 4 members (excludes halogenated alkanes) is 3. The molecule has 22 heavy (non-hydrogen) atoms. The number of hydrogen-bond donors (Lipinski definition) is 0. The Hall–Kier alpha value is -0.311. The van der Waals surface area contributed by atoms with Crippen LogP contribution >= 0.6 is 0 Å². The summed E-state index contributed by atoms with van der Waals surface area (Å²) < 4.78 is 6.17. The summed E-state index contributed by atoms with van der Waals surface area (Å²) in [5, 5.41) is 0. The molecule has 0 aliphatic rings. The molecule has 1 rings (SSSR count). The fourth-order valence-electron chi connectivity index (χ4n) is 3.48. The van der Waals surface area contributed by atoms with Crippen LogP contribution in [-0.2, 0) is 11.2 Å². The molecule has 0 aromatic heterocycles. The molecule has 0 saturated carbocycles. The molecule has 1 aromatic carbocycles. The SMILES string of the molecule is CCC[CH2][Sn]([CH2]CCC)([CH2]CCC)[c]1cccc(CC=O)c1. The standard InChI is InChI=1S/C8H7O.3C4H9.Sn/c9-7-6-8-4-2-1-3-5-8;3*1-3-4-2;/h1-2,4-5,7H,6H2;3*1,3-4H2,2H3;. The Morgan fingerprint density at radius 1 is 0.909 bits per heavy atom. The van der Waals surface area contributed by atoms with Gasteiger partial charge in [0.15, 0.2) is 0 Å². The van der Waals surface area contributed by atoms with Gasteiger partial charge in [-0.2, -0.15) is 0 Å². The Bertz CT molecular complexity index is 406. The van der Waals surface area contributed by atoms with Crippen molar-refractivity contribution in [1.82, 2.24) is 0 Å². The third-order valence-electron chi connectivity index (χ3n) is 4.89. The maximum absolute atomic E-state index is 10.9. The van der Waals surface area contributed by atoms with E-state index in [1.165, 1.54) is 57.4 Å². The monoisotopic (exact) mass is 410 g/mol. The van der Waals surface area contributed by atoms with Crippen molar-refractivity contribution in [3.8, 4) is 0 Å². The van der Waals surface area contributed by atoms with Crippen LogP contribution in [-0.4, -0.2) is 24.7 Å². The van der Waals surface area contributed by atoms with Crippen molar-refractivity contribution in [3.63, 3.8) is 0 Å². The van der Waals surface area contributed by atoms with Gasteiger partial charge in [0.05, 0.1) is 0 Å². The number of benzene rings is 1. The Balaban J connectivity index is 3.12. The van der Waals surface area contributed by atoms with Crippen LogP contribution in [0.4, 0.5) is 0 Å². The molecule has 0 aliphatic heterocycles. The summed E-state index contributed by atoms with van der Waals surface area (Å²) >= 11 is -2.30. The van der Waals surface area contributed by atoms with E-state index < -0.39 is 18.4 Å². The van der Waals surface area contributed by atoms with E-state index in [4.69, 9.17) is 0 Å². The predicted octanol–water partition coefficient (Wildman–Crippen LogP) is 5.48. The Labute approximate surface area is 141 Å². The van der Waals surface area contributed by atoms with Crippen molar-refractivity contribution >= 4 is 28.2 Å². The number of hydrogen-bond acceptors (Lipinski definition) is 1. The molecule has 2 heteroatoms. The predicted molar refractivity (Wildman–Crippen MR) is 101 cm³/mol. The molecule has 124 valence electrons. The molecule has 0 N–H and O–H groups in total. The van der Waals surface area contributed by atoms with E-state index in [-0.39, 0.29) is 0 Å². The fraction of sp³-hybridized carbons (Fsp3) is 0.650. The van der Waals surface area contributed by atoms with Gasteiger partial charge >= 0.3 is 142 Å². The maximum atomic E-state index is 10.9. The van der Waals surface area contributed by atoms with Crippen LogP contribution < -0.4 is 3.58 Å². The minimum atomic E-state index is -2.30. The molecule has 1 nitrogen and oxygen atoms in total. The zero-order chi connectivity index (χ0) is 16.3. The van der Waals surface area contributed by atoms with Crippen molar-refractivity contribution in [2.75, 3.05) is 0 Å². The Morgan fingerprint density at radius 3 is 1.91 bits per heavy atom. The van der Waals surface area contributed by atoms with Crippen molar-refractivity contribution in [2.24, 2.45) is 0 Å². The van der Waals surface area contributed by atoms with Gasteiger partial charge < -0.3 is 0 Å². The third kappa shape index (κ3) is 6.06. The molecular formula is C20H34OSn. The first-order chi connectivity index (χ1) is 10.7. The van der Waals surface area contributed by atoms with E-state index in [2.05, 4.69) is 45.0 Å². The quantitative estimate of drug-likeness (QED) is 0.330. The van der Waals surface area contributed by atoms with Gasteiger partial charge in [0.25, 0.3) is 0 Å². The topological polar surface area (TPSA) is 17.1 Å². The van der Waals surface area contributed by atoms with Crippen molar-refractivity contribution in [3.05, 3.63) is 29.8 Å². The summed E-state index contributed by atoms with van der Waals surface area (Å²) in [6.45, 7) is 6.96. The van der Waals surface area contributed by atoms with Gasteiger partial charge in [-0.25, -0.2) is 0 Å². The molecule has 0 saturated heterocycles. The summed E-state index contributed by atoms with van der Waals surface area (Å²) in [4.78, 5) is 10.9. The average molecular weight is 409 g/mol. The van der Waals surface area contributed by atoms with Gasteiger partial charge in [-0.05, 0) is 0 Å². The van der Waals surface area contributed by atoms with Crippen LogP contribution in [0.2, 0.25) is 13.3 Å². The van der Waals surface area contributed by atoms with Gasteiger partial charge in [-0.1, -0.05) is 0 Å². The molecule has 0 heterocycles. The Morgan fingerprint density at radius 2 is 1.45 bits per heavy atom. The van der Waals surface area contributed by atoms with Crippen molar-refractivity contribution in [2.45, 2.75) is 79.0 Å². The zero-order valence-electron chi connectivity index (χ0n) is 14.9. The van der Waals surface area contributed by atoms with Gasteiger partial charge in [0.2, 0.25) is 0 Å². The van der Waals surface area contributed by atoms with Gasteiger partial charge in [-0.15, -0.1) is 0 Å². The molecule has 0 radical (unpaired) electrons. The molecule has 0 atom stereocenters. The van der Waals surface area contributed by atoms with E-state index >= 15 is 0 Å². The number of rotatable bonds is 12. The van der Waals surface area contributed by atoms with Gasteiger partial charge in [0, 0.05) is 0 Å². The Kier molecular flexibility index (Phi) is 10.1. The van der Waals surface area contributed by atoms with Gasteiger partial charge in [0.1, 0.15) is 0 Å². The van der Waals surface area contributed by atoms with E-state index in [1.54, 1.807) is 3.58 Å². The van der Waals surface area contributed by atoms with E-state index in [0.29, 0.717) is 6.42 Å². The first-order valence-electron chi connectivity index (χ1n) is 9.25. The summed E-state index contributed by atoms with van der Waals surface area (Å²) in [5.41, 5.74) is 1.22. The summed E-state index contributed by atoms with van der Waals surface area (Å²) in [7, 11) is 0. The number of aldehydes is 1. The minimum absolute atomic E-state index is 0.575. The average Bonchev–Trinajstić information content (AvgIpc) is 2.55. The van der Waals surface area contributed by atoms with E-state index in [1.807, 2.05) is 0 Å². The first-order valence-corrected chi connectivity index (χ1v) is 16.7. The summed E-state index contributed by atoms with van der Waals surface area (Å²) in [6, 6.07) is 9.11. The summed E-state index contributed by atoms with van der Waals surface area (Å²) in [6.07, 6.45) is 9.72. The zero-order valence-corrected chi connectivity index (χ0v) is 17.7. The fourth-order valence-corrected chi connectivity index (χ4v) is 19.6. The van der Waals surface area contributed by atoms with Crippen molar-refractivity contribution in [1.29, 1.82) is 0 Å². The molecule has 0 unspecified atom stereocenters. The second-order valence-electron chi connectivity index (χ2n) is 6.66. The second kappa shape index (κ2) is 11.3. The van der Waals surface area contributed by atoms with Crippen LogP contribution in [0.5, 0.6) is 0 Å². The molecule has 0 fully saturated rings. The van der Waals surface area contributed by atoms with Crippen LogP contribution in [0.25, 0.3) is 0 Å². The van der Waals surface area contributed by atoms with Crippen LogP contribution in [0.15, 0.2) is 24.3 Å². The molecule has 0 aliphatic carbocycles. The summed E-state index contributed by atoms with van der Waals surface area (Å²) in [5.74, 6) is 0. The van der Waals surface area contributed by atoms with E-state index in [0.717, 1.165) is 6.29 Å². The van der Waals surface area contributed by atoms with E-state index in [9.17, 15) is 4.79 Å². The molecule has 1 aromatic rings. The molecule has 0 spiro atoms.